The first-order valence-corrected chi connectivity index (χ1v) is 10.1. The van der Waals surface area contributed by atoms with E-state index in [0.717, 1.165) is 50.8 Å². The number of quaternary nitrogens is 1. The Labute approximate surface area is 160 Å². The van der Waals surface area contributed by atoms with Gasteiger partial charge in [-0.2, -0.15) is 0 Å². The minimum absolute atomic E-state index is 0.00715. The van der Waals surface area contributed by atoms with Crippen LogP contribution in [0.1, 0.15) is 51.0 Å². The smallest absolute Gasteiger partial charge is 0.329 e. The van der Waals surface area contributed by atoms with Crippen LogP contribution in [0.15, 0.2) is 24.3 Å². The number of benzene rings is 1. The number of ether oxygens (including phenoxy) is 1. The Hall–Kier alpha value is -2.08. The van der Waals surface area contributed by atoms with Gasteiger partial charge in [0.25, 0.3) is 5.91 Å². The number of imide groups is 1. The number of urea groups is 1. The lowest BCUT2D eigenvalue weighted by Gasteiger charge is -2.33. The molecule has 0 radical (unpaired) electrons. The number of hydrogen-bond acceptors (Lipinski definition) is 3. The molecule has 3 amide bonds. The number of amides is 3. The molecule has 1 aromatic rings. The fourth-order valence-electron chi connectivity index (χ4n) is 4.44. The maximum atomic E-state index is 13.1. The largest absolute Gasteiger partial charge is 0.497 e. The van der Waals surface area contributed by atoms with Crippen molar-refractivity contribution in [3.63, 3.8) is 0 Å². The first kappa shape index (κ1) is 18.3. The van der Waals surface area contributed by atoms with Crippen molar-refractivity contribution in [3.8, 4) is 5.75 Å². The predicted molar refractivity (Wildman–Crippen MR) is 101 cm³/mol. The van der Waals surface area contributed by atoms with Crippen molar-refractivity contribution in [3.05, 3.63) is 29.8 Å². The molecule has 1 unspecified atom stereocenters. The lowest BCUT2D eigenvalue weighted by atomic mass is 9.77. The summed E-state index contributed by atoms with van der Waals surface area (Å²) in [5.41, 5.74) is 0.559. The van der Waals surface area contributed by atoms with Gasteiger partial charge in [0, 0.05) is 18.4 Å². The monoisotopic (exact) mass is 372 g/mol. The van der Waals surface area contributed by atoms with Gasteiger partial charge in [-0.05, 0) is 55.9 Å². The van der Waals surface area contributed by atoms with E-state index < -0.39 is 5.54 Å². The molecule has 1 spiro atoms. The van der Waals surface area contributed by atoms with E-state index in [2.05, 4.69) is 24.4 Å². The van der Waals surface area contributed by atoms with Crippen LogP contribution in [0.5, 0.6) is 5.75 Å². The van der Waals surface area contributed by atoms with Crippen molar-refractivity contribution in [2.75, 3.05) is 13.8 Å². The Morgan fingerprint density at radius 2 is 1.81 bits per heavy atom. The molecule has 4 rings (SSSR count). The van der Waals surface area contributed by atoms with Gasteiger partial charge < -0.3 is 15.0 Å². The van der Waals surface area contributed by atoms with Gasteiger partial charge in [0.1, 0.15) is 17.8 Å². The summed E-state index contributed by atoms with van der Waals surface area (Å²) < 4.78 is 5.23. The van der Waals surface area contributed by atoms with Crippen LogP contribution in [0.4, 0.5) is 4.79 Å². The van der Waals surface area contributed by atoms with Crippen LogP contribution < -0.4 is 15.0 Å². The topological polar surface area (TPSA) is 63.1 Å². The van der Waals surface area contributed by atoms with E-state index in [9.17, 15) is 9.59 Å². The summed E-state index contributed by atoms with van der Waals surface area (Å²) in [4.78, 5) is 28.5. The molecule has 6 heteroatoms. The summed E-state index contributed by atoms with van der Waals surface area (Å²) in [6, 6.07) is 8.39. The van der Waals surface area contributed by atoms with Crippen LogP contribution in [0.3, 0.4) is 0 Å². The number of rotatable bonds is 6. The standard InChI is InChI=1S/C21H29N3O3/c1-15-9-11-21(12-10-15)19(25)24(20(26)22-21)14-23(17-5-6-17)13-16-3-7-18(27-2)8-4-16/h3-4,7-8,15,17H,5-6,9-14H2,1-2H3,(H,22,26)/p+1. The Balaban J connectivity index is 1.45. The number of nitrogens with one attached hydrogen (secondary N) is 2. The second-order valence-corrected chi connectivity index (χ2v) is 8.54. The molecule has 1 aliphatic heterocycles. The van der Waals surface area contributed by atoms with Gasteiger partial charge in [-0.25, -0.2) is 9.69 Å². The third-order valence-corrected chi connectivity index (χ3v) is 6.48. The summed E-state index contributed by atoms with van der Waals surface area (Å²) >= 11 is 0. The van der Waals surface area contributed by atoms with Crippen LogP contribution >= 0.6 is 0 Å². The Kier molecular flexibility index (Phi) is 4.84. The second-order valence-electron chi connectivity index (χ2n) is 8.54. The number of methoxy groups -OCH3 is 1. The average molecular weight is 372 g/mol. The van der Waals surface area contributed by atoms with Crippen LogP contribution in [0.2, 0.25) is 0 Å². The van der Waals surface area contributed by atoms with Crippen LogP contribution in [-0.2, 0) is 11.3 Å². The van der Waals surface area contributed by atoms with Crippen molar-refractivity contribution < 1.29 is 19.2 Å². The number of nitrogens with zero attached hydrogens (tertiary/aromatic N) is 1. The van der Waals surface area contributed by atoms with E-state index >= 15 is 0 Å². The first-order valence-electron chi connectivity index (χ1n) is 10.1. The van der Waals surface area contributed by atoms with Gasteiger partial charge in [0.15, 0.2) is 6.67 Å². The molecule has 1 atom stereocenters. The van der Waals surface area contributed by atoms with Gasteiger partial charge in [-0.3, -0.25) is 4.79 Å². The van der Waals surface area contributed by atoms with Crippen molar-refractivity contribution in [1.29, 1.82) is 0 Å². The second kappa shape index (κ2) is 7.15. The summed E-state index contributed by atoms with van der Waals surface area (Å²) in [6.45, 7) is 3.49. The number of hydrogen-bond donors (Lipinski definition) is 2. The molecule has 146 valence electrons. The highest BCUT2D eigenvalue weighted by Gasteiger charge is 2.53. The van der Waals surface area contributed by atoms with Crippen molar-refractivity contribution >= 4 is 11.9 Å². The lowest BCUT2D eigenvalue weighted by molar-refractivity contribution is -0.931. The van der Waals surface area contributed by atoms with Crippen LogP contribution in [0.25, 0.3) is 0 Å². The molecule has 0 aromatic heterocycles. The summed E-state index contributed by atoms with van der Waals surface area (Å²) in [7, 11) is 1.66. The Bertz CT molecular complexity index is 706. The fourth-order valence-corrected chi connectivity index (χ4v) is 4.44. The molecule has 0 bridgehead atoms. The molecule has 3 fully saturated rings. The summed E-state index contributed by atoms with van der Waals surface area (Å²) in [5, 5.41) is 3.04. The van der Waals surface area contributed by atoms with E-state index in [-0.39, 0.29) is 11.9 Å². The SMILES string of the molecule is COc1ccc(C[NH+](CN2C(=O)NC3(CCC(C)CC3)C2=O)C2CC2)cc1. The minimum Gasteiger partial charge on any atom is -0.497 e. The Morgan fingerprint density at radius 1 is 1.15 bits per heavy atom. The van der Waals surface area contributed by atoms with Gasteiger partial charge in [-0.15, -0.1) is 0 Å². The highest BCUT2D eigenvalue weighted by Crippen LogP contribution is 2.36. The van der Waals surface area contributed by atoms with Gasteiger partial charge in [0.2, 0.25) is 0 Å². The zero-order chi connectivity index (χ0) is 19.0. The fraction of sp³-hybridized carbons (Fsp3) is 0.619. The average Bonchev–Trinajstić information content (AvgIpc) is 3.49. The maximum Gasteiger partial charge on any atom is 0.329 e. The summed E-state index contributed by atoms with van der Waals surface area (Å²) in [6.07, 6.45) is 5.88. The highest BCUT2D eigenvalue weighted by molar-refractivity contribution is 6.06. The number of carbonyl (C=O) groups is 2. The minimum atomic E-state index is -0.641. The first-order chi connectivity index (χ1) is 13.0. The van der Waals surface area contributed by atoms with Gasteiger partial charge >= 0.3 is 6.03 Å². The zero-order valence-corrected chi connectivity index (χ0v) is 16.3. The number of carbonyl (C=O) groups excluding carboxylic acids is 2. The molecule has 6 nitrogen and oxygen atoms in total. The maximum absolute atomic E-state index is 13.1. The Morgan fingerprint density at radius 3 is 2.41 bits per heavy atom. The van der Waals surface area contributed by atoms with Crippen LogP contribution in [-0.4, -0.2) is 42.2 Å². The molecule has 27 heavy (non-hydrogen) atoms. The molecule has 1 saturated heterocycles. The third-order valence-electron chi connectivity index (χ3n) is 6.48. The van der Waals surface area contributed by atoms with Crippen molar-refractivity contribution in [1.82, 2.24) is 10.2 Å². The van der Waals surface area contributed by atoms with E-state index in [1.165, 1.54) is 15.4 Å². The van der Waals surface area contributed by atoms with E-state index in [1.807, 2.05) is 12.1 Å². The van der Waals surface area contributed by atoms with Crippen molar-refractivity contribution in [2.24, 2.45) is 5.92 Å². The molecule has 2 N–H and O–H groups in total. The predicted octanol–water partition coefficient (Wildman–Crippen LogP) is 1.70. The quantitative estimate of drug-likeness (QED) is 0.747. The third kappa shape index (κ3) is 3.68. The lowest BCUT2D eigenvalue weighted by Crippen LogP contribution is -3.13. The van der Waals surface area contributed by atoms with Crippen molar-refractivity contribution in [2.45, 2.75) is 63.6 Å². The molecular formula is C21H30N3O3+. The molecule has 2 saturated carbocycles. The van der Waals surface area contributed by atoms with E-state index in [4.69, 9.17) is 4.74 Å². The molecule has 1 heterocycles. The van der Waals surface area contributed by atoms with Gasteiger partial charge in [0.05, 0.1) is 13.2 Å². The normalized spacial score (nSPS) is 29.1. The molecule has 3 aliphatic rings. The van der Waals surface area contributed by atoms with Gasteiger partial charge in [-0.1, -0.05) is 6.92 Å². The van der Waals surface area contributed by atoms with Crippen LogP contribution in [0, 0.1) is 5.92 Å². The van der Waals surface area contributed by atoms with E-state index in [1.54, 1.807) is 7.11 Å². The van der Waals surface area contributed by atoms with E-state index in [0.29, 0.717) is 18.6 Å². The molecular weight excluding hydrogens is 342 g/mol. The zero-order valence-electron chi connectivity index (χ0n) is 16.3. The summed E-state index contributed by atoms with van der Waals surface area (Å²) in [5.74, 6) is 1.47. The highest BCUT2D eigenvalue weighted by atomic mass is 16.5. The molecule has 2 aliphatic carbocycles. The molecule has 1 aromatic carbocycles.